The number of anilines is 1. The van der Waals surface area contributed by atoms with E-state index in [4.69, 9.17) is 12.2 Å². The average molecular weight is 353 g/mol. The van der Waals surface area contributed by atoms with Crippen LogP contribution in [0.25, 0.3) is 0 Å². The van der Waals surface area contributed by atoms with Gasteiger partial charge in [-0.05, 0) is 37.6 Å². The molecule has 1 aromatic heterocycles. The van der Waals surface area contributed by atoms with Crippen LogP contribution in [0.15, 0.2) is 36.5 Å². The first-order valence-corrected chi connectivity index (χ1v) is 8.36. The Hall–Kier alpha value is -3.11. The van der Waals surface area contributed by atoms with Gasteiger partial charge in [-0.2, -0.15) is 5.10 Å². The van der Waals surface area contributed by atoms with Crippen molar-refractivity contribution in [1.82, 2.24) is 14.7 Å². The fraction of sp³-hybridized carbons (Fsp3) is 0.316. The lowest BCUT2D eigenvalue weighted by Crippen LogP contribution is -2.39. The van der Waals surface area contributed by atoms with Crippen molar-refractivity contribution >= 4 is 17.5 Å². The highest BCUT2D eigenvalue weighted by Gasteiger charge is 2.21. The molecular formula is C19H23N5O2. The summed E-state index contributed by atoms with van der Waals surface area (Å²) >= 11 is 0. The molecule has 7 heteroatoms. The van der Waals surface area contributed by atoms with Crippen molar-refractivity contribution in [1.29, 1.82) is 0 Å². The molecule has 0 saturated carbocycles. The molecule has 1 heterocycles. The Balaban J connectivity index is 1.99. The van der Waals surface area contributed by atoms with Crippen molar-refractivity contribution in [2.75, 3.05) is 11.9 Å². The molecule has 136 valence electrons. The van der Waals surface area contributed by atoms with Gasteiger partial charge < -0.3 is 16.0 Å². The van der Waals surface area contributed by atoms with Crippen molar-refractivity contribution in [2.24, 2.45) is 5.73 Å². The standard InChI is InChI=1S/C19H23N5O2/c1-4-11-24-12-10-17(22-24)13-23(5-2)19(26)18(25)21-16-8-6-15(7-9-16)14(3)20/h1,6-10,12,14H,5,11,13,20H2,2-3H3,(H,21,25)/t14-/m0/s1. The van der Waals surface area contributed by atoms with Gasteiger partial charge in [0.15, 0.2) is 0 Å². The monoisotopic (exact) mass is 353 g/mol. The van der Waals surface area contributed by atoms with Crippen LogP contribution < -0.4 is 11.1 Å². The number of hydrogen-bond donors (Lipinski definition) is 2. The number of likely N-dealkylation sites (N-methyl/N-ethyl adjacent to an activating group) is 1. The van der Waals surface area contributed by atoms with Crippen LogP contribution in [0.2, 0.25) is 0 Å². The lowest BCUT2D eigenvalue weighted by molar-refractivity contribution is -0.143. The maximum atomic E-state index is 12.4. The van der Waals surface area contributed by atoms with Crippen LogP contribution in [-0.4, -0.2) is 33.0 Å². The number of aromatic nitrogens is 2. The minimum Gasteiger partial charge on any atom is -0.329 e. The zero-order valence-corrected chi connectivity index (χ0v) is 15.0. The van der Waals surface area contributed by atoms with Gasteiger partial charge in [-0.25, -0.2) is 0 Å². The van der Waals surface area contributed by atoms with E-state index in [1.54, 1.807) is 36.0 Å². The smallest absolute Gasteiger partial charge is 0.313 e. The molecule has 0 spiro atoms. The van der Waals surface area contributed by atoms with Gasteiger partial charge >= 0.3 is 11.8 Å². The van der Waals surface area contributed by atoms with Crippen LogP contribution in [0.4, 0.5) is 5.69 Å². The van der Waals surface area contributed by atoms with Gasteiger partial charge in [-0.1, -0.05) is 18.1 Å². The van der Waals surface area contributed by atoms with E-state index in [1.807, 2.05) is 19.1 Å². The molecular weight excluding hydrogens is 330 g/mol. The summed E-state index contributed by atoms with van der Waals surface area (Å²) in [5, 5.41) is 6.89. The molecule has 0 saturated heterocycles. The van der Waals surface area contributed by atoms with Gasteiger partial charge in [0.2, 0.25) is 0 Å². The van der Waals surface area contributed by atoms with Gasteiger partial charge in [0.05, 0.1) is 12.2 Å². The van der Waals surface area contributed by atoms with Crippen LogP contribution in [0, 0.1) is 12.3 Å². The summed E-state index contributed by atoms with van der Waals surface area (Å²) in [5.74, 6) is 1.18. The number of carbonyl (C=O) groups is 2. The lowest BCUT2D eigenvalue weighted by atomic mass is 10.1. The predicted molar refractivity (Wildman–Crippen MR) is 99.8 cm³/mol. The largest absolute Gasteiger partial charge is 0.329 e. The maximum Gasteiger partial charge on any atom is 0.313 e. The first-order chi connectivity index (χ1) is 12.4. The molecule has 0 bridgehead atoms. The van der Waals surface area contributed by atoms with Gasteiger partial charge in [0.1, 0.15) is 6.54 Å². The maximum absolute atomic E-state index is 12.4. The molecule has 2 aromatic rings. The molecule has 0 unspecified atom stereocenters. The molecule has 0 aliphatic carbocycles. The molecule has 3 N–H and O–H groups in total. The van der Waals surface area contributed by atoms with E-state index < -0.39 is 11.8 Å². The van der Waals surface area contributed by atoms with E-state index in [2.05, 4.69) is 16.3 Å². The van der Waals surface area contributed by atoms with Crippen molar-refractivity contribution < 1.29 is 9.59 Å². The van der Waals surface area contributed by atoms with Crippen molar-refractivity contribution in [2.45, 2.75) is 33.0 Å². The molecule has 0 aliphatic rings. The highest BCUT2D eigenvalue weighted by Crippen LogP contribution is 2.14. The van der Waals surface area contributed by atoms with E-state index in [0.717, 1.165) is 5.56 Å². The molecule has 7 nitrogen and oxygen atoms in total. The Bertz CT molecular complexity index is 802. The molecule has 1 atom stereocenters. The molecule has 0 fully saturated rings. The number of rotatable bonds is 6. The first kappa shape index (κ1) is 19.2. The van der Waals surface area contributed by atoms with Crippen LogP contribution >= 0.6 is 0 Å². The summed E-state index contributed by atoms with van der Waals surface area (Å²) < 4.78 is 1.60. The number of terminal acetylenes is 1. The number of amides is 2. The number of nitrogens with one attached hydrogen (secondary N) is 1. The summed E-state index contributed by atoms with van der Waals surface area (Å²) in [6.07, 6.45) is 6.99. The predicted octanol–water partition coefficient (Wildman–Crippen LogP) is 1.52. The number of benzene rings is 1. The topological polar surface area (TPSA) is 93.2 Å². The summed E-state index contributed by atoms with van der Waals surface area (Å²) in [7, 11) is 0. The number of hydrogen-bond acceptors (Lipinski definition) is 4. The van der Waals surface area contributed by atoms with E-state index in [1.165, 1.54) is 4.90 Å². The van der Waals surface area contributed by atoms with E-state index in [-0.39, 0.29) is 12.6 Å². The Morgan fingerprint density at radius 3 is 2.62 bits per heavy atom. The third kappa shape index (κ3) is 4.94. The lowest BCUT2D eigenvalue weighted by Gasteiger charge is -2.19. The second-order valence-electron chi connectivity index (χ2n) is 5.89. The zero-order valence-electron chi connectivity index (χ0n) is 15.0. The number of nitrogens with two attached hydrogens (primary N) is 1. The van der Waals surface area contributed by atoms with Crippen LogP contribution in [0.5, 0.6) is 0 Å². The highest BCUT2D eigenvalue weighted by molar-refractivity contribution is 6.39. The van der Waals surface area contributed by atoms with Crippen molar-refractivity contribution in [3.63, 3.8) is 0 Å². The van der Waals surface area contributed by atoms with Crippen LogP contribution in [-0.2, 0) is 22.7 Å². The van der Waals surface area contributed by atoms with E-state index >= 15 is 0 Å². The van der Waals surface area contributed by atoms with Gasteiger partial charge in [0, 0.05) is 24.5 Å². The third-order valence-corrected chi connectivity index (χ3v) is 3.86. The Morgan fingerprint density at radius 2 is 2.04 bits per heavy atom. The van der Waals surface area contributed by atoms with E-state index in [0.29, 0.717) is 24.5 Å². The van der Waals surface area contributed by atoms with Gasteiger partial charge in [0.25, 0.3) is 0 Å². The molecule has 0 radical (unpaired) electrons. The second kappa shape index (κ2) is 8.83. The quantitative estimate of drug-likeness (QED) is 0.608. The number of nitrogens with zero attached hydrogens (tertiary/aromatic N) is 3. The van der Waals surface area contributed by atoms with Gasteiger partial charge in [-0.3, -0.25) is 14.3 Å². The van der Waals surface area contributed by atoms with Crippen LogP contribution in [0.1, 0.15) is 31.1 Å². The second-order valence-corrected chi connectivity index (χ2v) is 5.89. The minimum absolute atomic E-state index is 0.0914. The van der Waals surface area contributed by atoms with Gasteiger partial charge in [-0.15, -0.1) is 6.42 Å². The Morgan fingerprint density at radius 1 is 1.35 bits per heavy atom. The fourth-order valence-corrected chi connectivity index (χ4v) is 2.39. The van der Waals surface area contributed by atoms with Crippen molar-refractivity contribution in [3.05, 3.63) is 47.8 Å². The first-order valence-electron chi connectivity index (χ1n) is 8.36. The number of carbonyl (C=O) groups excluding carboxylic acids is 2. The highest BCUT2D eigenvalue weighted by atomic mass is 16.2. The average Bonchev–Trinajstić information content (AvgIpc) is 3.07. The SMILES string of the molecule is C#CCn1ccc(CN(CC)C(=O)C(=O)Nc2ccc([C@H](C)N)cc2)n1. The third-order valence-electron chi connectivity index (χ3n) is 3.86. The summed E-state index contributed by atoms with van der Waals surface area (Å²) in [6.45, 7) is 4.67. The summed E-state index contributed by atoms with van der Waals surface area (Å²) in [6, 6.07) is 8.77. The normalized spacial score (nSPS) is 11.5. The van der Waals surface area contributed by atoms with Crippen LogP contribution in [0.3, 0.4) is 0 Å². The van der Waals surface area contributed by atoms with E-state index in [9.17, 15) is 9.59 Å². The minimum atomic E-state index is -0.691. The summed E-state index contributed by atoms with van der Waals surface area (Å²) in [4.78, 5) is 26.1. The summed E-state index contributed by atoms with van der Waals surface area (Å²) in [5.41, 5.74) is 7.96. The molecule has 2 rings (SSSR count). The molecule has 26 heavy (non-hydrogen) atoms. The molecule has 2 amide bonds. The molecule has 0 aliphatic heterocycles. The Kier molecular flexibility index (Phi) is 6.53. The van der Waals surface area contributed by atoms with Crippen molar-refractivity contribution in [3.8, 4) is 12.3 Å². The molecule has 1 aromatic carbocycles. The Labute approximate surface area is 153 Å². The zero-order chi connectivity index (χ0) is 19.1. The fourth-order valence-electron chi connectivity index (χ4n) is 2.39.